The highest BCUT2D eigenvalue weighted by atomic mass is 79.9. The fraction of sp³-hybridized carbons (Fsp3) is 0.462. The number of ether oxygens (including phenoxy) is 1. The van der Waals surface area contributed by atoms with Gasteiger partial charge < -0.3 is 44.8 Å². The number of imide groups is 1. The maximum Gasteiger partial charge on any atom is 0.420 e. The van der Waals surface area contributed by atoms with Crippen molar-refractivity contribution in [1.82, 2.24) is 35.5 Å². The Kier molecular flexibility index (Phi) is 15.7. The van der Waals surface area contributed by atoms with Gasteiger partial charge in [0.15, 0.2) is 5.58 Å². The predicted octanol–water partition coefficient (Wildman–Crippen LogP) is 8.14. The van der Waals surface area contributed by atoms with Crippen molar-refractivity contribution >= 4 is 96.7 Å². The van der Waals surface area contributed by atoms with Crippen LogP contribution in [0.1, 0.15) is 76.6 Å². The van der Waals surface area contributed by atoms with Crippen LogP contribution in [0.2, 0.25) is 0 Å². The molecule has 5 N–H and O–H groups in total. The number of piperidine rings is 3. The molecule has 0 saturated carbocycles. The summed E-state index contributed by atoms with van der Waals surface area (Å²) in [5.74, 6) is -0.161. The summed E-state index contributed by atoms with van der Waals surface area (Å²) in [4.78, 5) is 56.1. The van der Waals surface area contributed by atoms with Crippen molar-refractivity contribution in [3.63, 3.8) is 0 Å². The van der Waals surface area contributed by atoms with Crippen molar-refractivity contribution in [2.24, 2.45) is 5.92 Å². The van der Waals surface area contributed by atoms with Crippen LogP contribution in [0.5, 0.6) is 5.75 Å². The van der Waals surface area contributed by atoms with Crippen LogP contribution in [0.25, 0.3) is 22.0 Å². The number of nitrogens with one attached hydrogen (secondary N) is 5. The van der Waals surface area contributed by atoms with Crippen LogP contribution in [0.4, 0.5) is 38.9 Å². The van der Waals surface area contributed by atoms with Gasteiger partial charge in [-0.1, -0.05) is 19.9 Å². The number of pyridine rings is 1. The molecule has 0 bridgehead atoms. The highest BCUT2D eigenvalue weighted by Crippen LogP contribution is 2.43. The Bertz CT molecular complexity index is 3090. The summed E-state index contributed by atoms with van der Waals surface area (Å²) < 4.78 is 42.5. The number of benzene rings is 3. The van der Waals surface area contributed by atoms with Crippen molar-refractivity contribution in [1.29, 1.82) is 0 Å². The zero-order valence-corrected chi connectivity index (χ0v) is 44.1. The van der Waals surface area contributed by atoms with Gasteiger partial charge in [-0.2, -0.15) is 4.98 Å². The summed E-state index contributed by atoms with van der Waals surface area (Å²) in [5, 5.41) is 18.2. The van der Waals surface area contributed by atoms with E-state index in [1.807, 2.05) is 31.2 Å². The molecular formula is C52H64BrFN11O6P. The van der Waals surface area contributed by atoms with Crippen molar-refractivity contribution in [3.05, 3.63) is 86.8 Å². The number of aryl methyl sites for hydroxylation is 2. The molecule has 0 radical (unpaired) electrons. The second-order valence-corrected chi connectivity index (χ2v) is 23.3. The standard InChI is InChI=1S/C52H64BrFN11O6P/c1-6-32-25-40(60-51-57-30-37(53)49(62-51)59-39-12-11-38-36(48(39)72(4,5)69)10-9-34(7-2)58-38)45(70-8-3)28-42(32)63-23-17-35(18-24-63)56-20-19-55-29-31-15-21-64(22-16-31)43-26-33(54)27-44-47(43)71-52(68)65(44)41-13-14-46(66)61-50(41)67/h9-12,25-28,30-31,35,41,55-56H,6-8,13-24,29H2,1-5H3,(H,61,66,67)(H2,57,59,60,62). The number of carbonyl (C=O) groups is 2. The SMILES string of the molecule is CCOc1cc(N2CCC(NCCNCC3CCN(c4cc(F)cc5c4oc(=O)n5C4CCC(=O)NC4=O)CC3)CC2)c(CC)cc1Nc1ncc(Br)c(Nc2ccc3nc(CC)ccc3c2P(C)(C)=O)n1. The molecule has 3 aliphatic heterocycles. The third kappa shape index (κ3) is 11.2. The van der Waals surface area contributed by atoms with Gasteiger partial charge in [-0.25, -0.2) is 14.2 Å². The molecule has 17 nitrogen and oxygen atoms in total. The largest absolute Gasteiger partial charge is 0.492 e. The Morgan fingerprint density at radius 2 is 1.64 bits per heavy atom. The summed E-state index contributed by atoms with van der Waals surface area (Å²) in [6.45, 7) is 16.0. The Hall–Kier alpha value is -5.88. The number of oxazole rings is 1. The number of nitrogens with zero attached hydrogens (tertiary/aromatic N) is 6. The van der Waals surface area contributed by atoms with Gasteiger partial charge in [0.25, 0.3) is 0 Å². The summed E-state index contributed by atoms with van der Waals surface area (Å²) in [5.41, 5.74) is 6.62. The molecule has 3 aliphatic rings. The summed E-state index contributed by atoms with van der Waals surface area (Å²) in [7, 11) is -2.75. The quantitative estimate of drug-likeness (QED) is 0.0314. The lowest BCUT2D eigenvalue weighted by Crippen LogP contribution is -2.45. The van der Waals surface area contributed by atoms with Gasteiger partial charge in [-0.05, 0) is 123 Å². The van der Waals surface area contributed by atoms with Crippen molar-refractivity contribution in [2.75, 3.05) is 86.2 Å². The molecule has 3 aromatic heterocycles. The number of hydrogen-bond donors (Lipinski definition) is 5. The van der Waals surface area contributed by atoms with Crippen molar-refractivity contribution in [2.45, 2.75) is 84.2 Å². The number of hydrogen-bond acceptors (Lipinski definition) is 15. The van der Waals surface area contributed by atoms with Crippen LogP contribution in [0.15, 0.2) is 68.4 Å². The van der Waals surface area contributed by atoms with E-state index in [1.165, 1.54) is 28.0 Å². The second-order valence-electron chi connectivity index (χ2n) is 19.3. The van der Waals surface area contributed by atoms with Crippen molar-refractivity contribution in [3.8, 4) is 5.75 Å². The Labute approximate surface area is 427 Å². The van der Waals surface area contributed by atoms with Crippen LogP contribution >= 0.6 is 23.1 Å². The Morgan fingerprint density at radius 1 is 0.875 bits per heavy atom. The molecule has 9 rings (SSSR count). The average molecular weight is 1070 g/mol. The summed E-state index contributed by atoms with van der Waals surface area (Å²) >= 11 is 3.63. The normalized spacial score (nSPS) is 17.2. The van der Waals surface area contributed by atoms with E-state index in [0.29, 0.717) is 59.3 Å². The van der Waals surface area contributed by atoms with Crippen LogP contribution in [-0.4, -0.2) is 103 Å². The van der Waals surface area contributed by atoms with Gasteiger partial charge in [0.2, 0.25) is 17.8 Å². The van der Waals surface area contributed by atoms with E-state index in [1.54, 1.807) is 19.5 Å². The van der Waals surface area contributed by atoms with Gasteiger partial charge in [-0.15, -0.1) is 0 Å². The van der Waals surface area contributed by atoms with E-state index >= 15 is 4.39 Å². The molecule has 3 fully saturated rings. The summed E-state index contributed by atoms with van der Waals surface area (Å²) in [6.07, 6.45) is 7.39. The number of rotatable bonds is 18. The number of carbonyl (C=O) groups excluding carboxylic acids is 2. The third-order valence-electron chi connectivity index (χ3n) is 14.0. The highest BCUT2D eigenvalue weighted by molar-refractivity contribution is 9.10. The van der Waals surface area contributed by atoms with Gasteiger partial charge in [0, 0.05) is 98.2 Å². The monoisotopic (exact) mass is 1070 g/mol. The summed E-state index contributed by atoms with van der Waals surface area (Å²) in [6, 6.07) is 14.3. The van der Waals surface area contributed by atoms with Crippen LogP contribution < -0.4 is 52.2 Å². The minimum atomic E-state index is -2.75. The van der Waals surface area contributed by atoms with E-state index < -0.39 is 36.6 Å². The molecule has 0 aliphatic carbocycles. The maximum absolute atomic E-state index is 15.0. The minimum absolute atomic E-state index is 0.0920. The van der Waals surface area contributed by atoms with E-state index in [2.05, 4.69) is 83.3 Å². The second kappa shape index (κ2) is 22.1. The first-order chi connectivity index (χ1) is 34.7. The number of amides is 2. The van der Waals surface area contributed by atoms with Gasteiger partial charge in [-0.3, -0.25) is 24.5 Å². The number of halogens is 2. The zero-order chi connectivity index (χ0) is 50.7. The highest BCUT2D eigenvalue weighted by Gasteiger charge is 2.33. The smallest absolute Gasteiger partial charge is 0.420 e. The molecule has 0 spiro atoms. The minimum Gasteiger partial charge on any atom is -0.492 e. The zero-order valence-electron chi connectivity index (χ0n) is 41.6. The first-order valence-corrected chi connectivity index (χ1v) is 28.6. The molecule has 2 amide bonds. The van der Waals surface area contributed by atoms with Crippen molar-refractivity contribution < 1.29 is 27.7 Å². The van der Waals surface area contributed by atoms with Crippen LogP contribution in [0.3, 0.4) is 0 Å². The lowest BCUT2D eigenvalue weighted by Gasteiger charge is -2.36. The lowest BCUT2D eigenvalue weighted by atomic mass is 9.96. The first-order valence-electron chi connectivity index (χ1n) is 25.2. The topological polar surface area (TPSA) is 201 Å². The molecule has 20 heteroatoms. The number of aromatic nitrogens is 4. The van der Waals surface area contributed by atoms with E-state index in [4.69, 9.17) is 19.1 Å². The fourth-order valence-corrected chi connectivity index (χ4v) is 12.1. The average Bonchev–Trinajstić information content (AvgIpc) is 3.69. The first kappa shape index (κ1) is 51.0. The fourth-order valence-electron chi connectivity index (χ4n) is 10.4. The Balaban J connectivity index is 0.764. The Morgan fingerprint density at radius 3 is 2.36 bits per heavy atom. The molecule has 1 atom stereocenters. The molecule has 3 aromatic carbocycles. The maximum atomic E-state index is 15.0. The number of fused-ring (bicyclic) bond motifs is 2. The molecule has 1 unspecified atom stereocenters. The van der Waals surface area contributed by atoms with Crippen LogP contribution in [-0.2, 0) is 27.0 Å². The third-order valence-corrected chi connectivity index (χ3v) is 16.2. The predicted molar refractivity (Wildman–Crippen MR) is 286 cm³/mol. The van der Waals surface area contributed by atoms with Gasteiger partial charge in [0.1, 0.15) is 30.6 Å². The molecule has 6 heterocycles. The van der Waals surface area contributed by atoms with Crippen LogP contribution in [0, 0.1) is 11.7 Å². The van der Waals surface area contributed by atoms with Gasteiger partial charge >= 0.3 is 5.76 Å². The lowest BCUT2D eigenvalue weighted by molar-refractivity contribution is -0.135. The molecular weight excluding hydrogens is 1000 g/mol. The van der Waals surface area contributed by atoms with E-state index in [-0.39, 0.29) is 23.9 Å². The molecule has 3 saturated heterocycles. The van der Waals surface area contributed by atoms with Gasteiger partial charge in [0.05, 0.1) is 39.2 Å². The molecule has 382 valence electrons. The van der Waals surface area contributed by atoms with E-state index in [9.17, 15) is 18.9 Å². The molecule has 6 aromatic rings. The molecule has 72 heavy (non-hydrogen) atoms. The number of anilines is 6. The van der Waals surface area contributed by atoms with E-state index in [0.717, 1.165) is 105 Å².